The zero-order valence-corrected chi connectivity index (χ0v) is 16.3. The van der Waals surface area contributed by atoms with Gasteiger partial charge in [-0.2, -0.15) is 0 Å². The number of benzene rings is 2. The third-order valence-electron chi connectivity index (χ3n) is 4.50. The number of amides is 1. The molecule has 1 aliphatic rings. The molecule has 0 fully saturated rings. The SMILES string of the molecule is CCCC1N=C(c2ccccc2)c2cc(Cl)ccc2N(CC(C)C)C1=O. The van der Waals surface area contributed by atoms with Gasteiger partial charge in [-0.3, -0.25) is 9.79 Å². The molecule has 26 heavy (non-hydrogen) atoms. The van der Waals surface area contributed by atoms with Gasteiger partial charge in [0, 0.05) is 22.7 Å². The van der Waals surface area contributed by atoms with Crippen molar-refractivity contribution in [2.24, 2.45) is 10.9 Å². The first kappa shape index (κ1) is 18.7. The van der Waals surface area contributed by atoms with E-state index in [9.17, 15) is 4.79 Å². The molecule has 0 spiro atoms. The van der Waals surface area contributed by atoms with E-state index in [2.05, 4.69) is 20.8 Å². The molecule has 2 aromatic carbocycles. The predicted molar refractivity (Wildman–Crippen MR) is 109 cm³/mol. The maximum atomic E-state index is 13.3. The van der Waals surface area contributed by atoms with Crippen LogP contribution in [-0.4, -0.2) is 24.2 Å². The fourth-order valence-corrected chi connectivity index (χ4v) is 3.53. The average Bonchev–Trinajstić information content (AvgIpc) is 2.73. The van der Waals surface area contributed by atoms with E-state index in [0.717, 1.165) is 35.4 Å². The summed E-state index contributed by atoms with van der Waals surface area (Å²) in [4.78, 5) is 20.1. The van der Waals surface area contributed by atoms with Crippen molar-refractivity contribution in [3.8, 4) is 0 Å². The van der Waals surface area contributed by atoms with Gasteiger partial charge in [0.15, 0.2) is 0 Å². The summed E-state index contributed by atoms with van der Waals surface area (Å²) in [7, 11) is 0. The number of hydrogen-bond donors (Lipinski definition) is 0. The van der Waals surface area contributed by atoms with Crippen LogP contribution in [0.25, 0.3) is 0 Å². The number of rotatable bonds is 5. The smallest absolute Gasteiger partial charge is 0.251 e. The molecular formula is C22H25ClN2O. The molecule has 0 radical (unpaired) electrons. The Hall–Kier alpha value is -2.13. The number of carbonyl (C=O) groups is 1. The van der Waals surface area contributed by atoms with Gasteiger partial charge in [0.1, 0.15) is 6.04 Å². The highest BCUT2D eigenvalue weighted by Crippen LogP contribution is 2.32. The van der Waals surface area contributed by atoms with Crippen LogP contribution in [0, 0.1) is 5.92 Å². The first-order chi connectivity index (χ1) is 12.5. The van der Waals surface area contributed by atoms with Gasteiger partial charge in [0.05, 0.1) is 11.4 Å². The van der Waals surface area contributed by atoms with Crippen LogP contribution in [0.3, 0.4) is 0 Å². The summed E-state index contributed by atoms with van der Waals surface area (Å²) in [5.41, 5.74) is 3.68. The molecule has 1 unspecified atom stereocenters. The minimum atomic E-state index is -0.361. The average molecular weight is 369 g/mol. The molecule has 3 nitrogen and oxygen atoms in total. The van der Waals surface area contributed by atoms with Crippen LogP contribution in [0.5, 0.6) is 0 Å². The molecule has 3 rings (SSSR count). The van der Waals surface area contributed by atoms with E-state index in [0.29, 0.717) is 17.5 Å². The van der Waals surface area contributed by atoms with E-state index >= 15 is 0 Å². The minimum absolute atomic E-state index is 0.0788. The quantitative estimate of drug-likeness (QED) is 0.700. The zero-order valence-electron chi connectivity index (χ0n) is 15.6. The maximum Gasteiger partial charge on any atom is 0.251 e. The summed E-state index contributed by atoms with van der Waals surface area (Å²) in [6, 6.07) is 15.4. The van der Waals surface area contributed by atoms with Crippen molar-refractivity contribution in [1.29, 1.82) is 0 Å². The number of aliphatic imine (C=N–C) groups is 1. The Bertz CT molecular complexity index is 814. The summed E-state index contributed by atoms with van der Waals surface area (Å²) in [6.07, 6.45) is 1.65. The van der Waals surface area contributed by atoms with E-state index in [4.69, 9.17) is 16.6 Å². The monoisotopic (exact) mass is 368 g/mol. The van der Waals surface area contributed by atoms with Crippen molar-refractivity contribution in [3.63, 3.8) is 0 Å². The number of nitrogens with zero attached hydrogens (tertiary/aromatic N) is 2. The van der Waals surface area contributed by atoms with Crippen LogP contribution < -0.4 is 4.90 Å². The van der Waals surface area contributed by atoms with Crippen LogP contribution in [0.2, 0.25) is 5.02 Å². The highest BCUT2D eigenvalue weighted by atomic mass is 35.5. The topological polar surface area (TPSA) is 32.7 Å². The van der Waals surface area contributed by atoms with Crippen molar-refractivity contribution in [3.05, 3.63) is 64.7 Å². The molecule has 0 aliphatic carbocycles. The predicted octanol–water partition coefficient (Wildman–Crippen LogP) is 5.35. The lowest BCUT2D eigenvalue weighted by atomic mass is 10.00. The molecule has 1 heterocycles. The van der Waals surface area contributed by atoms with Gasteiger partial charge in [0.2, 0.25) is 0 Å². The van der Waals surface area contributed by atoms with Gasteiger partial charge in [-0.05, 0) is 30.5 Å². The Morgan fingerprint density at radius 2 is 1.88 bits per heavy atom. The van der Waals surface area contributed by atoms with Gasteiger partial charge >= 0.3 is 0 Å². The summed E-state index contributed by atoms with van der Waals surface area (Å²) in [5.74, 6) is 0.443. The van der Waals surface area contributed by atoms with Crippen molar-refractivity contribution >= 4 is 28.9 Å². The second-order valence-corrected chi connectivity index (χ2v) is 7.59. The summed E-state index contributed by atoms with van der Waals surface area (Å²) in [5, 5.41) is 0.651. The minimum Gasteiger partial charge on any atom is -0.310 e. The number of halogens is 1. The Morgan fingerprint density at radius 3 is 2.54 bits per heavy atom. The van der Waals surface area contributed by atoms with Crippen LogP contribution in [0.15, 0.2) is 53.5 Å². The number of benzodiazepines with no additional fused rings is 1. The van der Waals surface area contributed by atoms with Gasteiger partial charge in [-0.1, -0.05) is 69.1 Å². The summed E-state index contributed by atoms with van der Waals surface area (Å²) < 4.78 is 0. The largest absolute Gasteiger partial charge is 0.310 e. The number of anilines is 1. The normalized spacial score (nSPS) is 17.1. The molecule has 0 saturated carbocycles. The van der Waals surface area contributed by atoms with Gasteiger partial charge < -0.3 is 4.90 Å². The van der Waals surface area contributed by atoms with Crippen LogP contribution in [0.1, 0.15) is 44.7 Å². The van der Waals surface area contributed by atoms with Crippen LogP contribution in [-0.2, 0) is 4.79 Å². The second-order valence-electron chi connectivity index (χ2n) is 7.15. The van der Waals surface area contributed by atoms with E-state index in [1.807, 2.05) is 53.4 Å². The lowest BCUT2D eigenvalue weighted by molar-refractivity contribution is -0.120. The Labute approximate surface area is 160 Å². The number of fused-ring (bicyclic) bond motifs is 1. The molecule has 0 N–H and O–H groups in total. The van der Waals surface area contributed by atoms with Crippen LogP contribution >= 0.6 is 11.6 Å². The molecule has 0 saturated heterocycles. The first-order valence-corrected chi connectivity index (χ1v) is 9.63. The van der Waals surface area contributed by atoms with Crippen molar-refractivity contribution < 1.29 is 4.79 Å². The Morgan fingerprint density at radius 1 is 1.15 bits per heavy atom. The van der Waals surface area contributed by atoms with E-state index in [1.54, 1.807) is 0 Å². The standard InChI is InChI=1S/C22H25ClN2O/c1-4-8-19-22(26)25(14-15(2)3)20-12-11-17(23)13-18(20)21(24-19)16-9-6-5-7-10-16/h5-7,9-13,15,19H,4,8,14H2,1-3H3. The number of hydrogen-bond acceptors (Lipinski definition) is 2. The fourth-order valence-electron chi connectivity index (χ4n) is 3.35. The van der Waals surface area contributed by atoms with Gasteiger partial charge in [-0.15, -0.1) is 0 Å². The third kappa shape index (κ3) is 3.83. The third-order valence-corrected chi connectivity index (χ3v) is 4.73. The lowest BCUT2D eigenvalue weighted by Gasteiger charge is -2.27. The second kappa shape index (κ2) is 8.05. The lowest BCUT2D eigenvalue weighted by Crippen LogP contribution is -2.40. The highest BCUT2D eigenvalue weighted by molar-refractivity contribution is 6.32. The molecule has 4 heteroatoms. The Balaban J connectivity index is 2.22. The molecule has 0 bridgehead atoms. The van der Waals surface area contributed by atoms with Gasteiger partial charge in [0.25, 0.3) is 5.91 Å². The maximum absolute atomic E-state index is 13.3. The molecule has 2 aromatic rings. The molecule has 1 atom stereocenters. The zero-order chi connectivity index (χ0) is 18.7. The highest BCUT2D eigenvalue weighted by Gasteiger charge is 2.31. The van der Waals surface area contributed by atoms with E-state index in [1.165, 1.54) is 0 Å². The summed E-state index contributed by atoms with van der Waals surface area (Å²) >= 11 is 6.31. The van der Waals surface area contributed by atoms with Crippen LogP contribution in [0.4, 0.5) is 5.69 Å². The first-order valence-electron chi connectivity index (χ1n) is 9.25. The fraction of sp³-hybridized carbons (Fsp3) is 0.364. The summed E-state index contributed by atoms with van der Waals surface area (Å²) in [6.45, 7) is 7.01. The molecule has 1 aliphatic heterocycles. The van der Waals surface area contributed by atoms with E-state index < -0.39 is 0 Å². The molecular weight excluding hydrogens is 344 g/mol. The Kier molecular flexibility index (Phi) is 5.77. The van der Waals surface area contributed by atoms with Crippen molar-refractivity contribution in [2.45, 2.75) is 39.7 Å². The molecule has 136 valence electrons. The number of carbonyl (C=O) groups excluding carboxylic acids is 1. The van der Waals surface area contributed by atoms with Crippen molar-refractivity contribution in [2.75, 3.05) is 11.4 Å². The molecule has 1 amide bonds. The van der Waals surface area contributed by atoms with E-state index in [-0.39, 0.29) is 11.9 Å². The van der Waals surface area contributed by atoms with Crippen molar-refractivity contribution in [1.82, 2.24) is 0 Å². The van der Waals surface area contributed by atoms with Gasteiger partial charge in [-0.25, -0.2) is 0 Å². The molecule has 0 aromatic heterocycles.